The van der Waals surface area contributed by atoms with Crippen LogP contribution in [0.15, 0.2) is 24.3 Å². The SMILES string of the molecule is CCC/C(=C\CC(=O)O)c1cc(Cl)ccc1OCC. The highest BCUT2D eigenvalue weighted by Crippen LogP contribution is 2.32. The van der Waals surface area contributed by atoms with Gasteiger partial charge in [-0.2, -0.15) is 0 Å². The number of halogens is 1. The number of carbonyl (C=O) groups is 1. The van der Waals surface area contributed by atoms with Crippen molar-refractivity contribution in [1.82, 2.24) is 0 Å². The third-order valence-corrected chi connectivity index (χ3v) is 2.86. The van der Waals surface area contributed by atoms with Gasteiger partial charge in [0.1, 0.15) is 5.75 Å². The minimum atomic E-state index is -0.839. The van der Waals surface area contributed by atoms with Crippen molar-refractivity contribution in [1.29, 1.82) is 0 Å². The Morgan fingerprint density at radius 3 is 2.74 bits per heavy atom. The van der Waals surface area contributed by atoms with Crippen molar-refractivity contribution in [3.05, 3.63) is 34.9 Å². The summed E-state index contributed by atoms with van der Waals surface area (Å²) < 4.78 is 5.58. The molecular formula is C15H19ClO3. The summed E-state index contributed by atoms with van der Waals surface area (Å²) in [7, 11) is 0. The number of allylic oxidation sites excluding steroid dienone is 1. The summed E-state index contributed by atoms with van der Waals surface area (Å²) in [5.74, 6) is -0.0921. The predicted octanol–water partition coefficient (Wildman–Crippen LogP) is 4.40. The van der Waals surface area contributed by atoms with E-state index >= 15 is 0 Å². The molecule has 0 aliphatic carbocycles. The van der Waals surface area contributed by atoms with Crippen LogP contribution in [-0.2, 0) is 4.79 Å². The molecule has 0 aliphatic rings. The molecule has 1 aromatic carbocycles. The number of carboxylic acids is 1. The van der Waals surface area contributed by atoms with Crippen LogP contribution in [0.2, 0.25) is 5.02 Å². The van der Waals surface area contributed by atoms with E-state index in [1.807, 2.05) is 19.1 Å². The second-order valence-electron chi connectivity index (χ2n) is 4.15. The zero-order chi connectivity index (χ0) is 14.3. The van der Waals surface area contributed by atoms with Gasteiger partial charge in [0, 0.05) is 10.6 Å². The Kier molecular flexibility index (Phi) is 6.43. The summed E-state index contributed by atoms with van der Waals surface area (Å²) in [6.45, 7) is 4.53. The van der Waals surface area contributed by atoms with Gasteiger partial charge in [0.15, 0.2) is 0 Å². The first kappa shape index (κ1) is 15.6. The number of hydrogen-bond donors (Lipinski definition) is 1. The Bertz CT molecular complexity index is 466. The van der Waals surface area contributed by atoms with Crippen LogP contribution < -0.4 is 4.74 Å². The number of ether oxygens (including phenoxy) is 1. The maximum atomic E-state index is 10.7. The lowest BCUT2D eigenvalue weighted by atomic mass is 9.99. The first-order valence-corrected chi connectivity index (χ1v) is 6.79. The summed E-state index contributed by atoms with van der Waals surface area (Å²) in [4.78, 5) is 10.7. The zero-order valence-corrected chi connectivity index (χ0v) is 12.0. The Balaban J connectivity index is 3.15. The van der Waals surface area contributed by atoms with Crippen molar-refractivity contribution in [2.75, 3.05) is 6.61 Å². The van der Waals surface area contributed by atoms with E-state index < -0.39 is 5.97 Å². The van der Waals surface area contributed by atoms with Crippen LogP contribution in [-0.4, -0.2) is 17.7 Å². The van der Waals surface area contributed by atoms with E-state index in [4.69, 9.17) is 21.4 Å². The molecule has 1 N–H and O–H groups in total. The van der Waals surface area contributed by atoms with Gasteiger partial charge in [0.25, 0.3) is 0 Å². The normalized spacial score (nSPS) is 11.4. The van der Waals surface area contributed by atoms with Crippen LogP contribution in [0.5, 0.6) is 5.75 Å². The standard InChI is InChI=1S/C15H19ClO3/c1-3-5-11(6-9-15(17)18)13-10-12(16)7-8-14(13)19-4-2/h6-8,10H,3-5,9H2,1-2H3,(H,17,18)/b11-6+. The van der Waals surface area contributed by atoms with Gasteiger partial charge in [-0.05, 0) is 37.1 Å². The zero-order valence-electron chi connectivity index (χ0n) is 11.3. The number of benzene rings is 1. The first-order chi connectivity index (χ1) is 9.08. The third kappa shape index (κ3) is 4.95. The minimum absolute atomic E-state index is 0.00735. The van der Waals surface area contributed by atoms with E-state index in [1.165, 1.54) is 0 Å². The topological polar surface area (TPSA) is 46.5 Å². The molecule has 0 saturated carbocycles. The molecule has 1 aromatic rings. The molecule has 0 atom stereocenters. The van der Waals surface area contributed by atoms with E-state index in [1.54, 1.807) is 12.1 Å². The summed E-state index contributed by atoms with van der Waals surface area (Å²) in [6, 6.07) is 5.43. The van der Waals surface area contributed by atoms with E-state index in [9.17, 15) is 4.79 Å². The molecule has 0 saturated heterocycles. The molecule has 0 fully saturated rings. The summed E-state index contributed by atoms with van der Waals surface area (Å²) in [6.07, 6.45) is 3.48. The second kappa shape index (κ2) is 7.85. The predicted molar refractivity (Wildman–Crippen MR) is 77.8 cm³/mol. The molecule has 19 heavy (non-hydrogen) atoms. The van der Waals surface area contributed by atoms with Crippen molar-refractivity contribution in [3.63, 3.8) is 0 Å². The van der Waals surface area contributed by atoms with Gasteiger partial charge >= 0.3 is 5.97 Å². The number of rotatable bonds is 7. The van der Waals surface area contributed by atoms with Crippen molar-refractivity contribution in [3.8, 4) is 5.75 Å². The number of hydrogen-bond acceptors (Lipinski definition) is 2. The Labute approximate surface area is 118 Å². The van der Waals surface area contributed by atoms with Crippen molar-refractivity contribution in [2.45, 2.75) is 33.1 Å². The van der Waals surface area contributed by atoms with Crippen molar-refractivity contribution < 1.29 is 14.6 Å². The van der Waals surface area contributed by atoms with E-state index in [2.05, 4.69) is 6.92 Å². The van der Waals surface area contributed by atoms with Gasteiger partial charge in [-0.3, -0.25) is 4.79 Å². The highest BCUT2D eigenvalue weighted by molar-refractivity contribution is 6.30. The van der Waals surface area contributed by atoms with Gasteiger partial charge in [0.2, 0.25) is 0 Å². The molecular weight excluding hydrogens is 264 g/mol. The van der Waals surface area contributed by atoms with E-state index in [0.717, 1.165) is 29.7 Å². The van der Waals surface area contributed by atoms with Crippen LogP contribution in [0.3, 0.4) is 0 Å². The molecule has 0 unspecified atom stereocenters. The minimum Gasteiger partial charge on any atom is -0.493 e. The number of aliphatic carboxylic acids is 1. The molecule has 0 aromatic heterocycles. The monoisotopic (exact) mass is 282 g/mol. The van der Waals surface area contributed by atoms with Gasteiger partial charge in [-0.25, -0.2) is 0 Å². The molecule has 1 rings (SSSR count). The Morgan fingerprint density at radius 2 is 2.16 bits per heavy atom. The lowest BCUT2D eigenvalue weighted by molar-refractivity contribution is -0.135. The van der Waals surface area contributed by atoms with Crippen LogP contribution in [0, 0.1) is 0 Å². The average Bonchev–Trinajstić information content (AvgIpc) is 2.37. The van der Waals surface area contributed by atoms with Gasteiger partial charge in [-0.15, -0.1) is 0 Å². The van der Waals surface area contributed by atoms with Crippen molar-refractivity contribution >= 4 is 23.1 Å². The number of carboxylic acid groups (broad SMARTS) is 1. The fourth-order valence-electron chi connectivity index (χ4n) is 1.86. The fourth-order valence-corrected chi connectivity index (χ4v) is 2.03. The van der Waals surface area contributed by atoms with Gasteiger partial charge in [-0.1, -0.05) is 31.0 Å². The van der Waals surface area contributed by atoms with Crippen molar-refractivity contribution in [2.24, 2.45) is 0 Å². The maximum Gasteiger partial charge on any atom is 0.307 e. The molecule has 0 heterocycles. The summed E-state index contributed by atoms with van der Waals surface area (Å²) >= 11 is 6.02. The van der Waals surface area contributed by atoms with Crippen LogP contribution >= 0.6 is 11.6 Å². The molecule has 0 amide bonds. The third-order valence-electron chi connectivity index (χ3n) is 2.63. The van der Waals surface area contributed by atoms with Crippen LogP contribution in [0.1, 0.15) is 38.7 Å². The molecule has 4 heteroatoms. The van der Waals surface area contributed by atoms with E-state index in [-0.39, 0.29) is 6.42 Å². The smallest absolute Gasteiger partial charge is 0.307 e. The molecule has 0 aliphatic heterocycles. The Hall–Kier alpha value is -1.48. The molecule has 104 valence electrons. The molecule has 0 bridgehead atoms. The Morgan fingerprint density at radius 1 is 1.42 bits per heavy atom. The lowest BCUT2D eigenvalue weighted by Crippen LogP contribution is -1.98. The molecule has 3 nitrogen and oxygen atoms in total. The van der Waals surface area contributed by atoms with Crippen LogP contribution in [0.25, 0.3) is 5.57 Å². The second-order valence-corrected chi connectivity index (χ2v) is 4.59. The highest BCUT2D eigenvalue weighted by Gasteiger charge is 2.10. The largest absolute Gasteiger partial charge is 0.493 e. The van der Waals surface area contributed by atoms with Crippen LogP contribution in [0.4, 0.5) is 0 Å². The summed E-state index contributed by atoms with van der Waals surface area (Å²) in [5, 5.41) is 9.42. The van der Waals surface area contributed by atoms with Gasteiger partial charge < -0.3 is 9.84 Å². The maximum absolute atomic E-state index is 10.7. The summed E-state index contributed by atoms with van der Waals surface area (Å²) in [5.41, 5.74) is 1.85. The first-order valence-electron chi connectivity index (χ1n) is 6.42. The molecule has 0 radical (unpaired) electrons. The van der Waals surface area contributed by atoms with Gasteiger partial charge in [0.05, 0.1) is 13.0 Å². The highest BCUT2D eigenvalue weighted by atomic mass is 35.5. The quantitative estimate of drug-likeness (QED) is 0.806. The van der Waals surface area contributed by atoms with E-state index in [0.29, 0.717) is 11.6 Å². The lowest BCUT2D eigenvalue weighted by Gasteiger charge is -2.13. The fraction of sp³-hybridized carbons (Fsp3) is 0.400. The molecule has 0 spiro atoms. The average molecular weight is 283 g/mol.